The van der Waals surface area contributed by atoms with Crippen molar-refractivity contribution in [2.24, 2.45) is 16.2 Å². The van der Waals surface area contributed by atoms with Gasteiger partial charge in [-0.05, 0) is 19.0 Å². The van der Waals surface area contributed by atoms with Gasteiger partial charge in [0.2, 0.25) is 9.84 Å². The molecule has 2 aromatic rings. The summed E-state index contributed by atoms with van der Waals surface area (Å²) in [6.45, 7) is 0.442. The van der Waals surface area contributed by atoms with Gasteiger partial charge in [0.25, 0.3) is 5.00 Å². The largest absolute Gasteiger partial charge is 0.330 e. The number of fused-ring (bicyclic) bond motifs is 2. The summed E-state index contributed by atoms with van der Waals surface area (Å²) in [7, 11) is -3.59. The summed E-state index contributed by atoms with van der Waals surface area (Å²) >= 11 is 8.27. The monoisotopic (exact) mass is 389 g/mol. The van der Waals surface area contributed by atoms with Crippen LogP contribution in [0.5, 0.6) is 0 Å². The van der Waals surface area contributed by atoms with E-state index in [4.69, 9.17) is 17.5 Å². The lowest BCUT2D eigenvalue weighted by molar-refractivity contribution is 0.0299. The predicted octanol–water partition coefficient (Wildman–Crippen LogP) is 2.71. The minimum Gasteiger partial charge on any atom is -0.330 e. The van der Waals surface area contributed by atoms with E-state index in [-0.39, 0.29) is 13.1 Å². The van der Waals surface area contributed by atoms with Crippen LogP contribution in [0.2, 0.25) is 0 Å². The SMILES string of the molecule is NCCC1=C[N+]2(N=NN2Cl)c2sc(S(=O)(=O)c3cncs3)cc21. The molecule has 0 saturated heterocycles. The molecule has 0 saturated carbocycles. The van der Waals surface area contributed by atoms with E-state index in [1.807, 2.05) is 6.20 Å². The van der Waals surface area contributed by atoms with Gasteiger partial charge in [-0.2, -0.15) is 0 Å². The van der Waals surface area contributed by atoms with Gasteiger partial charge in [-0.1, -0.05) is 11.3 Å². The Morgan fingerprint density at radius 3 is 2.78 bits per heavy atom. The first-order valence-corrected chi connectivity index (χ1v) is 9.99. The zero-order valence-electron chi connectivity index (χ0n) is 11.5. The topological polar surface area (TPSA) is 101 Å². The van der Waals surface area contributed by atoms with Crippen LogP contribution in [0.15, 0.2) is 42.8 Å². The van der Waals surface area contributed by atoms with Gasteiger partial charge in [0.15, 0.2) is 6.20 Å². The average molecular weight is 390 g/mol. The van der Waals surface area contributed by atoms with E-state index in [0.717, 1.165) is 38.4 Å². The maximum atomic E-state index is 12.7. The Hall–Kier alpha value is -1.37. The van der Waals surface area contributed by atoms with Gasteiger partial charge < -0.3 is 5.73 Å². The van der Waals surface area contributed by atoms with Gasteiger partial charge in [-0.25, -0.2) is 8.42 Å². The fraction of sp³-hybridized carbons (Fsp3) is 0.182. The summed E-state index contributed by atoms with van der Waals surface area (Å²) in [6, 6.07) is 1.65. The fourth-order valence-electron chi connectivity index (χ4n) is 2.45. The maximum Gasteiger partial charge on any atom is 0.258 e. The lowest BCUT2D eigenvalue weighted by Gasteiger charge is -2.29. The molecule has 0 aliphatic carbocycles. The Bertz CT molecular complexity index is 935. The summed E-state index contributed by atoms with van der Waals surface area (Å²) in [5.74, 6) is 0. The number of thiazole rings is 1. The molecule has 0 radical (unpaired) electrons. The quantitative estimate of drug-likeness (QED) is 0.639. The van der Waals surface area contributed by atoms with Crippen molar-refractivity contribution in [2.75, 3.05) is 6.54 Å². The van der Waals surface area contributed by atoms with Crippen molar-refractivity contribution < 1.29 is 8.42 Å². The third-order valence-electron chi connectivity index (χ3n) is 3.53. The second kappa shape index (κ2) is 5.06. The van der Waals surface area contributed by atoms with Crippen molar-refractivity contribution in [3.05, 3.63) is 29.5 Å². The molecule has 2 aromatic heterocycles. The Morgan fingerprint density at radius 2 is 2.22 bits per heavy atom. The lowest BCUT2D eigenvalue weighted by Crippen LogP contribution is -2.50. The summed E-state index contributed by atoms with van der Waals surface area (Å²) in [5.41, 5.74) is 8.85. The summed E-state index contributed by atoms with van der Waals surface area (Å²) in [6.07, 6.45) is 3.78. The average Bonchev–Trinajstić information content (AvgIpc) is 3.23. The number of aromatic nitrogens is 1. The van der Waals surface area contributed by atoms with Crippen LogP contribution in [0.4, 0.5) is 5.00 Å². The molecule has 0 amide bonds. The Balaban J connectivity index is 1.86. The van der Waals surface area contributed by atoms with Crippen LogP contribution in [-0.4, -0.2) is 24.6 Å². The first kappa shape index (κ1) is 15.2. The molecule has 1 spiro atoms. The minimum atomic E-state index is -3.59. The number of nitrogens with zero attached hydrogens (tertiary/aromatic N) is 5. The van der Waals surface area contributed by atoms with Crippen molar-refractivity contribution in [1.29, 1.82) is 0 Å². The van der Waals surface area contributed by atoms with Crippen LogP contribution in [0, 0.1) is 0 Å². The van der Waals surface area contributed by atoms with Crippen molar-refractivity contribution in [3.8, 4) is 0 Å². The minimum absolute atomic E-state index is 0.144. The Kier molecular flexibility index (Phi) is 3.34. The zero-order chi connectivity index (χ0) is 16.2. The number of quaternary nitrogens is 1. The van der Waals surface area contributed by atoms with Crippen LogP contribution < -0.4 is 10.4 Å². The van der Waals surface area contributed by atoms with E-state index in [1.54, 1.807) is 6.07 Å². The summed E-state index contributed by atoms with van der Waals surface area (Å²) < 4.78 is 26.8. The van der Waals surface area contributed by atoms with Crippen LogP contribution >= 0.6 is 34.5 Å². The molecule has 0 aromatic carbocycles. The molecule has 1 unspecified atom stereocenters. The highest BCUT2D eigenvalue weighted by Gasteiger charge is 2.54. The highest BCUT2D eigenvalue weighted by Crippen LogP contribution is 2.53. The van der Waals surface area contributed by atoms with Gasteiger partial charge in [0.1, 0.15) is 8.42 Å². The molecule has 2 aliphatic rings. The highest BCUT2D eigenvalue weighted by atomic mass is 35.5. The number of nitrogens with two attached hydrogens (primary N) is 1. The first-order chi connectivity index (χ1) is 11.0. The van der Waals surface area contributed by atoms with E-state index in [0.29, 0.717) is 18.0 Å². The van der Waals surface area contributed by atoms with Gasteiger partial charge in [-0.3, -0.25) is 4.98 Å². The third-order valence-corrected chi connectivity index (χ3v) is 8.53. The van der Waals surface area contributed by atoms with Crippen LogP contribution in [0.1, 0.15) is 12.0 Å². The molecule has 0 fully saturated rings. The van der Waals surface area contributed by atoms with E-state index in [1.165, 1.54) is 11.7 Å². The summed E-state index contributed by atoms with van der Waals surface area (Å²) in [4.78, 5) is 3.84. The van der Waals surface area contributed by atoms with E-state index in [9.17, 15) is 8.42 Å². The van der Waals surface area contributed by atoms with Gasteiger partial charge in [-0.15, -0.1) is 11.3 Å². The number of rotatable bonds is 4. The normalized spacial score (nSPS) is 22.3. The van der Waals surface area contributed by atoms with Crippen LogP contribution in [0.25, 0.3) is 5.57 Å². The Morgan fingerprint density at radius 1 is 1.39 bits per heavy atom. The molecule has 120 valence electrons. The van der Waals surface area contributed by atoms with Gasteiger partial charge >= 0.3 is 0 Å². The Labute approximate surface area is 144 Å². The van der Waals surface area contributed by atoms with Crippen molar-refractivity contribution >= 4 is 54.9 Å². The molecular weight excluding hydrogens is 380 g/mol. The molecule has 4 heterocycles. The molecule has 1 atom stereocenters. The smallest absolute Gasteiger partial charge is 0.258 e. The third kappa shape index (κ3) is 2.01. The molecule has 2 aliphatic heterocycles. The number of thiophene rings is 1. The number of hydrogen-bond donors (Lipinski definition) is 1. The summed E-state index contributed by atoms with van der Waals surface area (Å²) in [5, 5.41) is 8.44. The molecule has 0 bridgehead atoms. The fourth-order valence-corrected chi connectivity index (χ4v) is 6.67. The second-order valence-corrected chi connectivity index (χ2v) is 9.49. The van der Waals surface area contributed by atoms with E-state index >= 15 is 0 Å². The van der Waals surface area contributed by atoms with E-state index in [2.05, 4.69) is 15.4 Å². The van der Waals surface area contributed by atoms with Gasteiger partial charge in [0.05, 0.1) is 39.5 Å². The van der Waals surface area contributed by atoms with Crippen molar-refractivity contribution in [1.82, 2.24) is 14.3 Å². The lowest BCUT2D eigenvalue weighted by atomic mass is 10.1. The second-order valence-electron chi connectivity index (χ2n) is 4.87. The van der Waals surface area contributed by atoms with Crippen LogP contribution in [-0.2, 0) is 9.84 Å². The number of hydrogen-bond acceptors (Lipinski definition) is 9. The molecular formula is C11H10ClN6O2S3+. The van der Waals surface area contributed by atoms with E-state index < -0.39 is 9.84 Å². The molecule has 23 heavy (non-hydrogen) atoms. The molecule has 2 N–H and O–H groups in total. The van der Waals surface area contributed by atoms with Crippen molar-refractivity contribution in [3.63, 3.8) is 0 Å². The van der Waals surface area contributed by atoms with Crippen LogP contribution in [0.3, 0.4) is 0 Å². The molecule has 4 rings (SSSR count). The molecule has 12 heteroatoms. The van der Waals surface area contributed by atoms with Crippen molar-refractivity contribution in [2.45, 2.75) is 14.8 Å². The standard InChI is InChI=1S/C11H10ClN6O2S3/c12-17-15-16-18(17)5-7(1-2-13)8-3-9(22-11(8)18)23(19,20)10-4-14-6-21-10/h3-6H,1-2,13H2/q+1. The van der Waals surface area contributed by atoms with Gasteiger partial charge in [0, 0.05) is 14.9 Å². The highest BCUT2D eigenvalue weighted by molar-refractivity contribution is 7.95. The maximum absolute atomic E-state index is 12.7. The number of sulfone groups is 1. The molecule has 8 nitrogen and oxygen atoms in total. The zero-order valence-corrected chi connectivity index (χ0v) is 14.7. The number of halogens is 1. The predicted molar refractivity (Wildman–Crippen MR) is 87.9 cm³/mol. The first-order valence-electron chi connectivity index (χ1n) is 6.47.